The smallest absolute Gasteiger partial charge is 0.263 e. The highest BCUT2D eigenvalue weighted by molar-refractivity contribution is 6.26. The molecule has 0 aliphatic carbocycles. The van der Waals surface area contributed by atoms with Crippen LogP contribution < -0.4 is 4.90 Å². The third-order valence-corrected chi connectivity index (χ3v) is 5.08. The molecule has 0 atom stereocenters. The quantitative estimate of drug-likeness (QED) is 0.458. The number of hydrogen-bond acceptors (Lipinski definition) is 2. The second-order valence-electron chi connectivity index (χ2n) is 6.98. The molecule has 3 aromatic carbocycles. The van der Waals surface area contributed by atoms with Crippen molar-refractivity contribution in [1.29, 1.82) is 0 Å². The number of anilines is 1. The van der Waals surface area contributed by atoms with Crippen molar-refractivity contribution >= 4 is 34.3 Å². The Morgan fingerprint density at radius 2 is 1.68 bits per heavy atom. The first-order valence-corrected chi connectivity index (χ1v) is 9.28. The number of nitrogens with zero attached hydrogens (tertiary/aromatic N) is 2. The van der Waals surface area contributed by atoms with Crippen LogP contribution in [0.25, 0.3) is 22.7 Å². The number of para-hydroxylation sites is 1. The molecule has 3 heteroatoms. The monoisotopic (exact) mass is 362 g/mol. The first kappa shape index (κ1) is 16.5. The van der Waals surface area contributed by atoms with Crippen molar-refractivity contribution in [1.82, 2.24) is 4.98 Å². The van der Waals surface area contributed by atoms with Crippen molar-refractivity contribution in [3.8, 4) is 0 Å². The largest absolute Gasteiger partial charge is 0.274 e. The van der Waals surface area contributed by atoms with E-state index in [9.17, 15) is 4.79 Å². The zero-order valence-electron chi connectivity index (χ0n) is 15.5. The number of hydrogen-bond donors (Lipinski definition) is 0. The van der Waals surface area contributed by atoms with E-state index in [2.05, 4.69) is 17.1 Å². The van der Waals surface area contributed by atoms with Crippen LogP contribution in [0.2, 0.25) is 0 Å². The summed E-state index contributed by atoms with van der Waals surface area (Å²) in [5.41, 5.74) is 6.37. The van der Waals surface area contributed by atoms with Gasteiger partial charge >= 0.3 is 0 Å². The molecule has 1 aliphatic heterocycles. The topological polar surface area (TPSA) is 33.2 Å². The molecule has 1 amide bonds. The Morgan fingerprint density at radius 1 is 0.857 bits per heavy atom. The minimum atomic E-state index is -0.0182. The van der Waals surface area contributed by atoms with Gasteiger partial charge in [0, 0.05) is 22.7 Å². The van der Waals surface area contributed by atoms with Crippen LogP contribution >= 0.6 is 0 Å². The van der Waals surface area contributed by atoms with Gasteiger partial charge in [-0.1, -0.05) is 60.2 Å². The first-order valence-electron chi connectivity index (χ1n) is 9.28. The lowest BCUT2D eigenvalue weighted by Crippen LogP contribution is -2.22. The van der Waals surface area contributed by atoms with Gasteiger partial charge in [0.15, 0.2) is 0 Å². The molecule has 1 aliphatic rings. The predicted octanol–water partition coefficient (Wildman–Crippen LogP) is 5.70. The highest BCUT2D eigenvalue weighted by atomic mass is 16.2. The maximum absolute atomic E-state index is 13.4. The molecule has 0 fully saturated rings. The van der Waals surface area contributed by atoms with Crippen LogP contribution in [0.15, 0.2) is 85.1 Å². The molecule has 0 unspecified atom stereocenters. The number of fused-ring (bicyclic) bond motifs is 2. The molecule has 0 saturated carbocycles. The van der Waals surface area contributed by atoms with Gasteiger partial charge in [0.25, 0.3) is 5.91 Å². The van der Waals surface area contributed by atoms with E-state index in [1.54, 1.807) is 11.1 Å². The molecule has 0 bridgehead atoms. The lowest BCUT2D eigenvalue weighted by molar-refractivity contribution is 0.101. The van der Waals surface area contributed by atoms with E-state index in [0.29, 0.717) is 0 Å². The average molecular weight is 362 g/mol. The second kappa shape index (κ2) is 6.46. The van der Waals surface area contributed by atoms with Crippen molar-refractivity contribution in [2.45, 2.75) is 6.92 Å². The van der Waals surface area contributed by atoms with Gasteiger partial charge in [0.1, 0.15) is 0 Å². The lowest BCUT2D eigenvalue weighted by Gasteiger charge is -2.20. The standard InChI is InChI=1S/C25H18N2O/c1-17-12-13-20-21(15-17)23(16-18-7-3-2-4-8-18)27(25(20)28)22-11-5-9-19-10-6-14-26-24(19)22/h2-16H,1H3/b23-16-. The molecular weight excluding hydrogens is 344 g/mol. The summed E-state index contributed by atoms with van der Waals surface area (Å²) >= 11 is 0. The van der Waals surface area contributed by atoms with Crippen molar-refractivity contribution < 1.29 is 4.79 Å². The van der Waals surface area contributed by atoms with Crippen LogP contribution in [0.4, 0.5) is 5.69 Å². The van der Waals surface area contributed by atoms with E-state index in [0.717, 1.165) is 44.5 Å². The van der Waals surface area contributed by atoms with Gasteiger partial charge in [-0.15, -0.1) is 0 Å². The van der Waals surface area contributed by atoms with Gasteiger partial charge in [0.2, 0.25) is 0 Å². The van der Waals surface area contributed by atoms with Gasteiger partial charge < -0.3 is 0 Å². The summed E-state index contributed by atoms with van der Waals surface area (Å²) in [6.45, 7) is 2.05. The fraction of sp³-hybridized carbons (Fsp3) is 0.0400. The summed E-state index contributed by atoms with van der Waals surface area (Å²) in [6.07, 6.45) is 3.84. The molecule has 0 spiro atoms. The fourth-order valence-corrected chi connectivity index (χ4v) is 3.76. The molecule has 0 N–H and O–H groups in total. The number of amides is 1. The van der Waals surface area contributed by atoms with Gasteiger partial charge in [0.05, 0.1) is 16.9 Å². The average Bonchev–Trinajstić information content (AvgIpc) is 2.99. The van der Waals surface area contributed by atoms with Crippen LogP contribution in [0.5, 0.6) is 0 Å². The van der Waals surface area contributed by atoms with Crippen LogP contribution in [0, 0.1) is 6.92 Å². The predicted molar refractivity (Wildman–Crippen MR) is 114 cm³/mol. The molecule has 4 aromatic rings. The Morgan fingerprint density at radius 3 is 2.54 bits per heavy atom. The van der Waals surface area contributed by atoms with Crippen molar-refractivity contribution in [3.05, 3.63) is 107 Å². The Kier molecular flexibility index (Phi) is 3.80. The van der Waals surface area contributed by atoms with Gasteiger partial charge in [-0.25, -0.2) is 0 Å². The summed E-state index contributed by atoms with van der Waals surface area (Å²) in [4.78, 5) is 19.8. The Hall–Kier alpha value is -3.72. The van der Waals surface area contributed by atoms with Crippen LogP contribution in [0.1, 0.15) is 27.0 Å². The summed E-state index contributed by atoms with van der Waals surface area (Å²) < 4.78 is 0. The summed E-state index contributed by atoms with van der Waals surface area (Å²) in [7, 11) is 0. The minimum Gasteiger partial charge on any atom is -0.274 e. The highest BCUT2D eigenvalue weighted by Crippen LogP contribution is 2.40. The van der Waals surface area contributed by atoms with Crippen molar-refractivity contribution in [2.75, 3.05) is 4.90 Å². The molecule has 0 saturated heterocycles. The SMILES string of the molecule is Cc1ccc2c(c1)/C(=C/c1ccccc1)N(c1cccc3cccnc13)C2=O. The molecule has 3 nitrogen and oxygen atoms in total. The molecule has 134 valence electrons. The summed E-state index contributed by atoms with van der Waals surface area (Å²) in [6, 6.07) is 26.0. The summed E-state index contributed by atoms with van der Waals surface area (Å²) in [5, 5.41) is 1.01. The number of aromatic nitrogens is 1. The van der Waals surface area contributed by atoms with E-state index >= 15 is 0 Å². The molecule has 5 rings (SSSR count). The van der Waals surface area contributed by atoms with E-state index in [-0.39, 0.29) is 5.91 Å². The third-order valence-electron chi connectivity index (χ3n) is 5.08. The third kappa shape index (κ3) is 2.60. The van der Waals surface area contributed by atoms with Crippen LogP contribution in [0.3, 0.4) is 0 Å². The fourth-order valence-electron chi connectivity index (χ4n) is 3.76. The zero-order valence-corrected chi connectivity index (χ0v) is 15.5. The van der Waals surface area contributed by atoms with Crippen molar-refractivity contribution in [2.24, 2.45) is 0 Å². The molecular formula is C25H18N2O. The second-order valence-corrected chi connectivity index (χ2v) is 6.98. The zero-order chi connectivity index (χ0) is 19.1. The first-order chi connectivity index (χ1) is 13.7. The molecule has 28 heavy (non-hydrogen) atoms. The summed E-state index contributed by atoms with van der Waals surface area (Å²) in [5.74, 6) is -0.0182. The number of carbonyl (C=O) groups excluding carboxylic acids is 1. The van der Waals surface area contributed by atoms with Gasteiger partial charge in [-0.2, -0.15) is 0 Å². The van der Waals surface area contributed by atoms with Gasteiger partial charge in [-0.05, 0) is 42.8 Å². The Bertz CT molecular complexity index is 1240. The number of carbonyl (C=O) groups is 1. The van der Waals surface area contributed by atoms with E-state index in [1.165, 1.54) is 0 Å². The molecule has 0 radical (unpaired) electrons. The Labute approximate surface area is 163 Å². The molecule has 2 heterocycles. The van der Waals surface area contributed by atoms with Crippen molar-refractivity contribution in [3.63, 3.8) is 0 Å². The van der Waals surface area contributed by atoms with E-state index in [1.807, 2.05) is 79.7 Å². The normalized spacial score (nSPS) is 14.7. The maximum Gasteiger partial charge on any atom is 0.263 e. The number of rotatable bonds is 2. The molecule has 1 aromatic heterocycles. The highest BCUT2D eigenvalue weighted by Gasteiger charge is 2.34. The van der Waals surface area contributed by atoms with E-state index < -0.39 is 0 Å². The van der Waals surface area contributed by atoms with Crippen LogP contribution in [-0.4, -0.2) is 10.9 Å². The minimum absolute atomic E-state index is 0.0182. The number of benzene rings is 3. The van der Waals surface area contributed by atoms with E-state index in [4.69, 9.17) is 0 Å². The van der Waals surface area contributed by atoms with Crippen LogP contribution in [-0.2, 0) is 0 Å². The Balaban J connectivity index is 1.78. The number of aryl methyl sites for hydroxylation is 1. The van der Waals surface area contributed by atoms with Gasteiger partial charge in [-0.3, -0.25) is 14.7 Å². The lowest BCUT2D eigenvalue weighted by atomic mass is 10.0. The maximum atomic E-state index is 13.4. The number of pyridine rings is 1.